The van der Waals surface area contributed by atoms with Gasteiger partial charge in [0.25, 0.3) is 0 Å². The Balaban J connectivity index is 1.72. The van der Waals surface area contributed by atoms with E-state index >= 15 is 0 Å². The Hall–Kier alpha value is -3.28. The van der Waals surface area contributed by atoms with E-state index in [0.29, 0.717) is 27.1 Å². The molecule has 1 aliphatic heterocycles. The maximum Gasteiger partial charge on any atom is 0.231 e. The van der Waals surface area contributed by atoms with Crippen molar-refractivity contribution in [1.29, 1.82) is 5.26 Å². The van der Waals surface area contributed by atoms with E-state index in [1.165, 1.54) is 23.9 Å². The first-order valence-corrected chi connectivity index (χ1v) is 10.2. The highest BCUT2D eigenvalue weighted by molar-refractivity contribution is 7.98. The number of nitrogen functional groups attached to an aromatic ring is 1. The number of nitrogens with zero attached hydrogens (tertiary/aromatic N) is 3. The number of allylic oxidation sites excluding steroid dienone is 1. The van der Waals surface area contributed by atoms with E-state index in [4.69, 9.17) is 27.8 Å². The zero-order chi connectivity index (χ0) is 21.3. The van der Waals surface area contributed by atoms with E-state index < -0.39 is 11.7 Å². The van der Waals surface area contributed by atoms with Crippen LogP contribution in [0.1, 0.15) is 22.6 Å². The first-order valence-electron chi connectivity index (χ1n) is 8.84. The monoisotopic (exact) mass is 439 g/mol. The fourth-order valence-electron chi connectivity index (χ4n) is 3.17. The first-order chi connectivity index (χ1) is 14.5. The fourth-order valence-corrected chi connectivity index (χ4v) is 4.30. The van der Waals surface area contributed by atoms with Gasteiger partial charge in [0, 0.05) is 10.8 Å². The van der Waals surface area contributed by atoms with Crippen molar-refractivity contribution in [2.45, 2.75) is 16.8 Å². The summed E-state index contributed by atoms with van der Waals surface area (Å²) in [7, 11) is 0. The largest absolute Gasteiger partial charge is 0.422 e. The van der Waals surface area contributed by atoms with Gasteiger partial charge < -0.3 is 16.2 Å². The Labute approximate surface area is 181 Å². The summed E-state index contributed by atoms with van der Waals surface area (Å²) in [5.41, 5.74) is 14.4. The average molecular weight is 440 g/mol. The molecule has 30 heavy (non-hydrogen) atoms. The molecule has 3 aromatic rings. The van der Waals surface area contributed by atoms with Crippen molar-refractivity contribution >= 4 is 29.2 Å². The zero-order valence-electron chi connectivity index (χ0n) is 15.5. The molecule has 1 aliphatic rings. The van der Waals surface area contributed by atoms with Crippen LogP contribution in [0.25, 0.3) is 0 Å². The molecule has 6 nitrogen and oxygen atoms in total. The zero-order valence-corrected chi connectivity index (χ0v) is 17.0. The first kappa shape index (κ1) is 20.0. The quantitative estimate of drug-likeness (QED) is 0.458. The number of aromatic nitrogens is 2. The minimum atomic E-state index is -0.651. The molecule has 1 unspecified atom stereocenters. The summed E-state index contributed by atoms with van der Waals surface area (Å²) in [6.07, 6.45) is 0. The second-order valence-corrected chi connectivity index (χ2v) is 7.82. The van der Waals surface area contributed by atoms with Crippen LogP contribution < -0.4 is 16.2 Å². The summed E-state index contributed by atoms with van der Waals surface area (Å²) >= 11 is 7.55. The Morgan fingerprint density at radius 2 is 1.87 bits per heavy atom. The summed E-state index contributed by atoms with van der Waals surface area (Å²) in [4.78, 5) is 8.82. The van der Waals surface area contributed by atoms with Gasteiger partial charge in [-0.2, -0.15) is 10.2 Å². The highest BCUT2D eigenvalue weighted by Gasteiger charge is 2.34. The van der Waals surface area contributed by atoms with Gasteiger partial charge in [-0.1, -0.05) is 53.7 Å². The third-order valence-corrected chi connectivity index (χ3v) is 5.87. The average Bonchev–Trinajstić information content (AvgIpc) is 2.73. The number of hydrogen-bond donors (Lipinski definition) is 2. The van der Waals surface area contributed by atoms with Crippen molar-refractivity contribution in [3.63, 3.8) is 0 Å². The lowest BCUT2D eigenvalue weighted by Gasteiger charge is -2.26. The topological polar surface area (TPSA) is 111 Å². The maximum absolute atomic E-state index is 13.4. The Morgan fingerprint density at radius 1 is 1.13 bits per heavy atom. The number of anilines is 1. The second-order valence-electron chi connectivity index (χ2n) is 6.47. The predicted octanol–water partition coefficient (Wildman–Crippen LogP) is 4.36. The van der Waals surface area contributed by atoms with Gasteiger partial charge in [-0.05, 0) is 29.3 Å². The van der Waals surface area contributed by atoms with Crippen molar-refractivity contribution in [1.82, 2.24) is 9.97 Å². The van der Waals surface area contributed by atoms with Crippen molar-refractivity contribution in [2.24, 2.45) is 5.73 Å². The summed E-state index contributed by atoms with van der Waals surface area (Å²) in [6, 6.07) is 15.3. The van der Waals surface area contributed by atoms with Crippen LogP contribution in [0.3, 0.4) is 0 Å². The fraction of sp³-hybridized carbons (Fsp3) is 0.0952. The van der Waals surface area contributed by atoms with Gasteiger partial charge in [-0.25, -0.2) is 9.37 Å². The molecule has 0 radical (unpaired) electrons. The van der Waals surface area contributed by atoms with Crippen LogP contribution in [0, 0.1) is 17.1 Å². The molecule has 4 N–H and O–H groups in total. The van der Waals surface area contributed by atoms with Crippen LogP contribution in [0.4, 0.5) is 10.2 Å². The number of hydrogen-bond acceptors (Lipinski definition) is 7. The van der Waals surface area contributed by atoms with Crippen LogP contribution in [-0.4, -0.2) is 9.97 Å². The summed E-state index contributed by atoms with van der Waals surface area (Å²) in [5, 5.41) is 10.6. The number of thioether (sulfide) groups is 1. The normalized spacial score (nSPS) is 15.3. The molecule has 0 saturated heterocycles. The van der Waals surface area contributed by atoms with Crippen LogP contribution in [0.5, 0.6) is 5.88 Å². The van der Waals surface area contributed by atoms with Gasteiger partial charge >= 0.3 is 0 Å². The van der Waals surface area contributed by atoms with E-state index in [0.717, 1.165) is 5.56 Å². The number of fused-ring (bicyclic) bond motifs is 1. The molecule has 0 spiro atoms. The van der Waals surface area contributed by atoms with E-state index in [-0.39, 0.29) is 23.2 Å². The molecule has 2 aromatic carbocycles. The number of benzene rings is 2. The Bertz CT molecular complexity index is 1190. The number of nitrogens with two attached hydrogens (primary N) is 2. The predicted molar refractivity (Wildman–Crippen MR) is 113 cm³/mol. The van der Waals surface area contributed by atoms with E-state index in [2.05, 4.69) is 16.0 Å². The maximum atomic E-state index is 13.4. The molecule has 1 atom stereocenters. The number of rotatable bonds is 4. The van der Waals surface area contributed by atoms with E-state index in [1.54, 1.807) is 12.1 Å². The number of nitriles is 1. The van der Waals surface area contributed by atoms with Crippen molar-refractivity contribution in [2.75, 3.05) is 5.73 Å². The standard InChI is InChI=1S/C21H15ClFN5OS/c22-15-4-2-1-3-12(15)10-30-21-27-18(25)17-16(11-5-7-13(23)8-6-11)14(9-24)19(26)29-20(17)28-21/h1-8,16H,10,26H2,(H2,25,27,28). The minimum Gasteiger partial charge on any atom is -0.422 e. The van der Waals surface area contributed by atoms with Crippen molar-refractivity contribution in [3.8, 4) is 11.9 Å². The molecular formula is C21H15ClFN5OS. The van der Waals surface area contributed by atoms with Crippen molar-refractivity contribution < 1.29 is 9.13 Å². The van der Waals surface area contributed by atoms with Crippen LogP contribution in [-0.2, 0) is 5.75 Å². The lowest BCUT2D eigenvalue weighted by Crippen LogP contribution is -2.23. The molecule has 150 valence electrons. The molecule has 1 aromatic heterocycles. The highest BCUT2D eigenvalue weighted by atomic mass is 35.5. The Kier molecular flexibility index (Phi) is 5.48. The van der Waals surface area contributed by atoms with Crippen LogP contribution in [0.15, 0.2) is 65.1 Å². The molecule has 0 bridgehead atoms. The molecule has 2 heterocycles. The molecule has 4 rings (SSSR count). The molecule has 0 fully saturated rings. The molecule has 0 aliphatic carbocycles. The molecular weight excluding hydrogens is 425 g/mol. The van der Waals surface area contributed by atoms with Gasteiger partial charge in [-0.15, -0.1) is 0 Å². The second kappa shape index (κ2) is 8.22. The van der Waals surface area contributed by atoms with Gasteiger partial charge in [0.1, 0.15) is 23.3 Å². The van der Waals surface area contributed by atoms with E-state index in [9.17, 15) is 9.65 Å². The SMILES string of the molecule is N#CC1=C(N)Oc2nc(SCc3ccccc3Cl)nc(N)c2C1c1ccc(F)cc1. The lowest BCUT2D eigenvalue weighted by atomic mass is 9.85. The lowest BCUT2D eigenvalue weighted by molar-refractivity contribution is 0.373. The third-order valence-electron chi connectivity index (χ3n) is 4.61. The smallest absolute Gasteiger partial charge is 0.231 e. The van der Waals surface area contributed by atoms with Gasteiger partial charge in [0.05, 0.1) is 11.5 Å². The Morgan fingerprint density at radius 3 is 2.57 bits per heavy atom. The van der Waals surface area contributed by atoms with Gasteiger partial charge in [0.15, 0.2) is 5.16 Å². The van der Waals surface area contributed by atoms with Crippen LogP contribution >= 0.6 is 23.4 Å². The number of ether oxygens (including phenoxy) is 1. The summed E-state index contributed by atoms with van der Waals surface area (Å²) in [6.45, 7) is 0. The number of halogens is 2. The minimum absolute atomic E-state index is 0.0699. The van der Waals surface area contributed by atoms with E-state index in [1.807, 2.05) is 24.3 Å². The third kappa shape index (κ3) is 3.77. The highest BCUT2D eigenvalue weighted by Crippen LogP contribution is 2.44. The molecule has 0 amide bonds. The summed E-state index contributed by atoms with van der Waals surface area (Å²) in [5.74, 6) is -0.238. The molecule has 0 saturated carbocycles. The van der Waals surface area contributed by atoms with Crippen LogP contribution in [0.2, 0.25) is 5.02 Å². The molecule has 9 heteroatoms. The van der Waals surface area contributed by atoms with Gasteiger partial charge in [-0.3, -0.25) is 0 Å². The van der Waals surface area contributed by atoms with Crippen molar-refractivity contribution in [3.05, 3.63) is 87.5 Å². The van der Waals surface area contributed by atoms with Gasteiger partial charge in [0.2, 0.25) is 11.8 Å². The summed E-state index contributed by atoms with van der Waals surface area (Å²) < 4.78 is 19.0.